The summed E-state index contributed by atoms with van der Waals surface area (Å²) in [5, 5.41) is 5.85. The summed E-state index contributed by atoms with van der Waals surface area (Å²) in [4.78, 5) is 37.8. The zero-order valence-electron chi connectivity index (χ0n) is 13.7. The molecule has 3 amide bonds. The summed E-state index contributed by atoms with van der Waals surface area (Å²) in [6, 6.07) is 14.7. The van der Waals surface area contributed by atoms with Crippen LogP contribution in [-0.4, -0.2) is 25.0 Å². The van der Waals surface area contributed by atoms with Crippen LogP contribution in [0.5, 0.6) is 0 Å². The Hall–Kier alpha value is -3.61. The molecule has 1 aromatic heterocycles. The summed E-state index contributed by atoms with van der Waals surface area (Å²) >= 11 is 0. The van der Waals surface area contributed by atoms with Crippen molar-refractivity contribution in [3.05, 3.63) is 70.6 Å². The third-order valence-corrected chi connectivity index (χ3v) is 4.15. The molecule has 0 unspecified atom stereocenters. The third-order valence-electron chi connectivity index (χ3n) is 4.15. The second-order valence-electron chi connectivity index (χ2n) is 5.86. The van der Waals surface area contributed by atoms with E-state index in [0.717, 1.165) is 5.69 Å². The number of nitrogens with zero attached hydrogens (tertiary/aromatic N) is 1. The normalized spacial score (nSPS) is 13.7. The van der Waals surface area contributed by atoms with Crippen molar-refractivity contribution >= 4 is 34.3 Å². The number of urea groups is 1. The molecular weight excluding hydrogens is 334 g/mol. The lowest BCUT2D eigenvalue weighted by Gasteiger charge is -2.14. The standard InChI is InChI=1S/C19H15N3O4/c23-15-11-17(26-16-4-2-1-3-14(15)16)18(24)21-12-5-7-13(8-6-12)22-10-9-20-19(22)25/h1-8,11H,9-10H2,(H,20,25)(H,21,24). The summed E-state index contributed by atoms with van der Waals surface area (Å²) < 4.78 is 5.52. The molecule has 1 saturated heterocycles. The lowest BCUT2D eigenvalue weighted by Crippen LogP contribution is -2.27. The Morgan fingerprint density at radius 3 is 2.58 bits per heavy atom. The maximum absolute atomic E-state index is 12.4. The minimum Gasteiger partial charge on any atom is -0.451 e. The molecule has 0 saturated carbocycles. The number of rotatable bonds is 3. The van der Waals surface area contributed by atoms with Gasteiger partial charge in [-0.1, -0.05) is 12.1 Å². The van der Waals surface area contributed by atoms with Crippen LogP contribution in [0.1, 0.15) is 10.6 Å². The minimum absolute atomic E-state index is 0.0586. The molecule has 0 bridgehead atoms. The quantitative estimate of drug-likeness (QED) is 0.760. The highest BCUT2D eigenvalue weighted by Gasteiger charge is 2.21. The number of para-hydroxylation sites is 1. The molecule has 0 radical (unpaired) electrons. The smallest absolute Gasteiger partial charge is 0.321 e. The highest BCUT2D eigenvalue weighted by Crippen LogP contribution is 2.20. The van der Waals surface area contributed by atoms with Crippen LogP contribution < -0.4 is 21.0 Å². The average molecular weight is 349 g/mol. The first-order valence-corrected chi connectivity index (χ1v) is 8.11. The van der Waals surface area contributed by atoms with Gasteiger partial charge in [-0.25, -0.2) is 4.79 Å². The van der Waals surface area contributed by atoms with Crippen LogP contribution in [0.2, 0.25) is 0 Å². The van der Waals surface area contributed by atoms with Crippen LogP contribution >= 0.6 is 0 Å². The molecule has 3 aromatic rings. The van der Waals surface area contributed by atoms with Crippen LogP contribution in [0.3, 0.4) is 0 Å². The lowest BCUT2D eigenvalue weighted by atomic mass is 10.2. The molecule has 7 nitrogen and oxygen atoms in total. The molecule has 0 atom stereocenters. The number of benzene rings is 2. The van der Waals surface area contributed by atoms with E-state index in [1.807, 2.05) is 0 Å². The topological polar surface area (TPSA) is 91.7 Å². The van der Waals surface area contributed by atoms with Crippen molar-refractivity contribution in [3.8, 4) is 0 Å². The van der Waals surface area contributed by atoms with Crippen LogP contribution in [0, 0.1) is 0 Å². The summed E-state index contributed by atoms with van der Waals surface area (Å²) in [7, 11) is 0. The Morgan fingerprint density at radius 1 is 1.08 bits per heavy atom. The third kappa shape index (κ3) is 2.90. The SMILES string of the molecule is O=C(Nc1ccc(N2CCNC2=O)cc1)c1cc(=O)c2ccccc2o1. The molecule has 2 aromatic carbocycles. The number of hydrogen-bond donors (Lipinski definition) is 2. The number of anilines is 2. The van der Waals surface area contributed by atoms with Gasteiger partial charge >= 0.3 is 6.03 Å². The number of carbonyl (C=O) groups excluding carboxylic acids is 2. The van der Waals surface area contributed by atoms with E-state index in [1.165, 1.54) is 6.07 Å². The Bertz CT molecular complexity index is 1060. The maximum atomic E-state index is 12.4. The minimum atomic E-state index is -0.514. The first-order valence-electron chi connectivity index (χ1n) is 8.11. The molecule has 2 heterocycles. The fraction of sp³-hybridized carbons (Fsp3) is 0.105. The molecule has 0 aliphatic carbocycles. The molecule has 1 fully saturated rings. The predicted octanol–water partition coefficient (Wildman–Crippen LogP) is 2.57. The Labute approximate surface area is 148 Å². The molecule has 0 spiro atoms. The monoisotopic (exact) mass is 349 g/mol. The lowest BCUT2D eigenvalue weighted by molar-refractivity contribution is 0.0997. The molecule has 26 heavy (non-hydrogen) atoms. The predicted molar refractivity (Wildman–Crippen MR) is 97.6 cm³/mol. The van der Waals surface area contributed by atoms with Crippen LogP contribution in [0.25, 0.3) is 11.0 Å². The highest BCUT2D eigenvalue weighted by atomic mass is 16.3. The van der Waals surface area contributed by atoms with Gasteiger partial charge in [0, 0.05) is 30.5 Å². The first kappa shape index (κ1) is 15.9. The second-order valence-corrected chi connectivity index (χ2v) is 5.86. The summed E-state index contributed by atoms with van der Waals surface area (Å²) in [5.74, 6) is -0.573. The van der Waals surface area contributed by atoms with E-state index < -0.39 is 5.91 Å². The van der Waals surface area contributed by atoms with Crippen LogP contribution in [-0.2, 0) is 0 Å². The van der Waals surface area contributed by atoms with Crippen LogP contribution in [0.15, 0.2) is 63.8 Å². The van der Waals surface area contributed by atoms with Gasteiger partial charge in [0.15, 0.2) is 11.2 Å². The number of hydrogen-bond acceptors (Lipinski definition) is 4. The van der Waals surface area contributed by atoms with Crippen molar-refractivity contribution in [1.29, 1.82) is 0 Å². The Balaban J connectivity index is 1.55. The van der Waals surface area contributed by atoms with E-state index in [9.17, 15) is 14.4 Å². The van der Waals surface area contributed by atoms with Crippen molar-refractivity contribution < 1.29 is 14.0 Å². The fourth-order valence-corrected chi connectivity index (χ4v) is 2.85. The summed E-state index contributed by atoms with van der Waals surface area (Å²) in [6.45, 7) is 1.21. The zero-order chi connectivity index (χ0) is 18.1. The van der Waals surface area contributed by atoms with E-state index in [2.05, 4.69) is 10.6 Å². The van der Waals surface area contributed by atoms with Crippen LogP contribution in [0.4, 0.5) is 16.2 Å². The van der Waals surface area contributed by atoms with Gasteiger partial charge < -0.3 is 15.1 Å². The van der Waals surface area contributed by atoms with Crippen molar-refractivity contribution in [2.24, 2.45) is 0 Å². The van der Waals surface area contributed by atoms with Gasteiger partial charge in [0.1, 0.15) is 5.58 Å². The van der Waals surface area contributed by atoms with E-state index in [-0.39, 0.29) is 17.2 Å². The number of fused-ring (bicyclic) bond motifs is 1. The van der Waals surface area contributed by atoms with E-state index >= 15 is 0 Å². The van der Waals surface area contributed by atoms with Crippen molar-refractivity contribution in [3.63, 3.8) is 0 Å². The van der Waals surface area contributed by atoms with Gasteiger partial charge in [0.2, 0.25) is 0 Å². The number of amides is 3. The summed E-state index contributed by atoms with van der Waals surface area (Å²) in [6.07, 6.45) is 0. The zero-order valence-corrected chi connectivity index (χ0v) is 13.7. The molecule has 2 N–H and O–H groups in total. The van der Waals surface area contributed by atoms with Crippen molar-refractivity contribution in [2.75, 3.05) is 23.3 Å². The first-order chi connectivity index (χ1) is 12.6. The van der Waals surface area contributed by atoms with Crippen molar-refractivity contribution in [1.82, 2.24) is 5.32 Å². The molecule has 1 aliphatic heterocycles. The van der Waals surface area contributed by atoms with Gasteiger partial charge in [-0.2, -0.15) is 0 Å². The molecule has 130 valence electrons. The van der Waals surface area contributed by atoms with Gasteiger partial charge in [0.25, 0.3) is 5.91 Å². The fourth-order valence-electron chi connectivity index (χ4n) is 2.85. The number of nitrogens with one attached hydrogen (secondary N) is 2. The van der Waals surface area contributed by atoms with E-state index in [4.69, 9.17) is 4.42 Å². The molecule has 4 rings (SSSR count). The van der Waals surface area contributed by atoms with Gasteiger partial charge in [0.05, 0.1) is 5.39 Å². The molecule has 1 aliphatic rings. The van der Waals surface area contributed by atoms with Gasteiger partial charge in [-0.15, -0.1) is 0 Å². The Kier molecular flexibility index (Phi) is 3.89. The average Bonchev–Trinajstić information content (AvgIpc) is 3.08. The molecular formula is C19H15N3O4. The van der Waals surface area contributed by atoms with E-state index in [1.54, 1.807) is 53.4 Å². The largest absolute Gasteiger partial charge is 0.451 e. The van der Waals surface area contributed by atoms with E-state index in [0.29, 0.717) is 29.7 Å². The summed E-state index contributed by atoms with van der Waals surface area (Å²) in [5.41, 5.74) is 1.37. The van der Waals surface area contributed by atoms with Gasteiger partial charge in [-0.05, 0) is 36.4 Å². The van der Waals surface area contributed by atoms with Gasteiger partial charge in [-0.3, -0.25) is 14.5 Å². The number of carbonyl (C=O) groups is 2. The highest BCUT2D eigenvalue weighted by molar-refractivity contribution is 6.03. The molecule has 7 heteroatoms. The van der Waals surface area contributed by atoms with Crippen molar-refractivity contribution in [2.45, 2.75) is 0 Å². The second kappa shape index (κ2) is 6.36. The maximum Gasteiger partial charge on any atom is 0.321 e. The Morgan fingerprint density at radius 2 is 1.85 bits per heavy atom.